The number of amides is 1. The Bertz CT molecular complexity index is 1440. The summed E-state index contributed by atoms with van der Waals surface area (Å²) in [5.74, 6) is -1.15. The number of fused-ring (bicyclic) bond motifs is 1. The Morgan fingerprint density at radius 3 is 2.47 bits per heavy atom. The fourth-order valence-electron chi connectivity index (χ4n) is 4.96. The van der Waals surface area contributed by atoms with Crippen LogP contribution < -0.4 is 4.90 Å². The second-order valence-electron chi connectivity index (χ2n) is 9.46. The summed E-state index contributed by atoms with van der Waals surface area (Å²) in [6, 6.07) is 24.2. The van der Waals surface area contributed by atoms with Gasteiger partial charge in [-0.25, -0.2) is 0 Å². The number of aliphatic hydroxyl groups is 2. The van der Waals surface area contributed by atoms with Crippen LogP contribution in [-0.4, -0.2) is 37.7 Å². The third kappa shape index (κ3) is 4.76. The Morgan fingerprint density at radius 2 is 1.76 bits per heavy atom. The van der Waals surface area contributed by atoms with Gasteiger partial charge in [0.2, 0.25) is 0 Å². The molecule has 0 fully saturated rings. The Balaban J connectivity index is 1.30. The summed E-state index contributed by atoms with van der Waals surface area (Å²) >= 11 is 6.27. The van der Waals surface area contributed by atoms with E-state index in [0.717, 1.165) is 5.56 Å². The van der Waals surface area contributed by atoms with Crippen LogP contribution in [-0.2, 0) is 16.9 Å². The highest BCUT2D eigenvalue weighted by molar-refractivity contribution is 6.31. The maximum Gasteiger partial charge on any atom is 0.268 e. The normalized spacial score (nSPS) is 18.6. The predicted octanol–water partition coefficient (Wildman–Crippen LogP) is 5.20. The van der Waals surface area contributed by atoms with Crippen LogP contribution in [0.2, 0.25) is 5.02 Å². The molecule has 0 bridgehead atoms. The maximum absolute atomic E-state index is 13.7. The molecule has 1 unspecified atom stereocenters. The Hall–Kier alpha value is -3.78. The molecule has 0 saturated heterocycles. The molecule has 1 aliphatic heterocycles. The van der Waals surface area contributed by atoms with Crippen molar-refractivity contribution < 1.29 is 15.0 Å². The van der Waals surface area contributed by atoms with Gasteiger partial charge in [0.1, 0.15) is 0 Å². The van der Waals surface area contributed by atoms with Crippen LogP contribution >= 0.6 is 11.6 Å². The van der Waals surface area contributed by atoms with Gasteiger partial charge in [-0.1, -0.05) is 84.4 Å². The van der Waals surface area contributed by atoms with Crippen LogP contribution in [0.1, 0.15) is 36.1 Å². The van der Waals surface area contributed by atoms with Gasteiger partial charge in [-0.15, -0.1) is 5.10 Å². The number of hydrogen-bond donors (Lipinski definition) is 2. The molecule has 0 saturated carbocycles. The van der Waals surface area contributed by atoms with E-state index >= 15 is 0 Å². The van der Waals surface area contributed by atoms with Crippen molar-refractivity contribution in [3.05, 3.63) is 119 Å². The smallest absolute Gasteiger partial charge is 0.268 e. The van der Waals surface area contributed by atoms with E-state index in [1.165, 1.54) is 0 Å². The first-order chi connectivity index (χ1) is 18.4. The monoisotopic (exact) mass is 528 g/mol. The minimum atomic E-state index is -1.75. The average Bonchev–Trinajstić information content (AvgIpc) is 3.49. The quantitative estimate of drug-likeness (QED) is 0.291. The van der Waals surface area contributed by atoms with Crippen LogP contribution in [0.25, 0.3) is 0 Å². The van der Waals surface area contributed by atoms with E-state index in [0.29, 0.717) is 40.6 Å². The van der Waals surface area contributed by atoms with Gasteiger partial charge in [0, 0.05) is 34.9 Å². The number of allylic oxidation sites excluding steroid dienone is 1. The first-order valence-corrected chi connectivity index (χ1v) is 13.0. The molecular formula is C30H29ClN4O3. The van der Waals surface area contributed by atoms with Gasteiger partial charge < -0.3 is 10.2 Å². The van der Waals surface area contributed by atoms with Crippen molar-refractivity contribution >= 4 is 28.9 Å². The molecule has 0 radical (unpaired) electrons. The SMILES string of the molecule is C[C@H](/C=C/CCn1cc(C(CO)c2ccccc2)nn1)[C@@]1(O)C(=O)N(c2ccccc2)c2ccc(Cl)cc21. The van der Waals surface area contributed by atoms with Crippen LogP contribution in [0.3, 0.4) is 0 Å². The number of para-hydroxylation sites is 1. The number of aromatic nitrogens is 3. The predicted molar refractivity (Wildman–Crippen MR) is 147 cm³/mol. The molecule has 1 amide bonds. The maximum atomic E-state index is 13.7. The molecule has 1 aliphatic rings. The summed E-state index contributed by atoms with van der Waals surface area (Å²) in [6.07, 6.45) is 6.26. The summed E-state index contributed by atoms with van der Waals surface area (Å²) in [7, 11) is 0. The first kappa shape index (κ1) is 25.9. The van der Waals surface area contributed by atoms with Crippen molar-refractivity contribution in [2.24, 2.45) is 5.92 Å². The molecule has 1 aromatic heterocycles. The molecule has 2 heterocycles. The summed E-state index contributed by atoms with van der Waals surface area (Å²) in [4.78, 5) is 15.2. The Kier molecular flexibility index (Phi) is 7.42. The van der Waals surface area contributed by atoms with Crippen LogP contribution in [0.4, 0.5) is 11.4 Å². The number of aliphatic hydroxyl groups excluding tert-OH is 1. The molecule has 5 rings (SSSR count). The van der Waals surface area contributed by atoms with Crippen molar-refractivity contribution in [2.75, 3.05) is 11.5 Å². The lowest BCUT2D eigenvalue weighted by Crippen LogP contribution is -2.42. The fraction of sp³-hybridized carbons (Fsp3) is 0.233. The van der Waals surface area contributed by atoms with Crippen molar-refractivity contribution in [3.8, 4) is 0 Å². The third-order valence-electron chi connectivity index (χ3n) is 7.06. The lowest BCUT2D eigenvalue weighted by Gasteiger charge is -2.27. The minimum Gasteiger partial charge on any atom is -0.395 e. The summed E-state index contributed by atoms with van der Waals surface area (Å²) < 4.78 is 1.73. The number of carbonyl (C=O) groups excluding carboxylic acids is 1. The number of nitrogens with zero attached hydrogens (tertiary/aromatic N) is 4. The van der Waals surface area contributed by atoms with Gasteiger partial charge in [-0.2, -0.15) is 0 Å². The standard InChI is InChI=1S/C30H29ClN4O3/c1-21(10-8-9-17-34-19-27(32-33-34)25(20-36)22-11-4-2-5-12-22)30(38)26-18-23(31)15-16-28(26)35(29(30)37)24-13-6-3-7-14-24/h2-8,10-16,18-19,21,25,36,38H,9,17,20H2,1H3/b10-8+/t21-,25?,30+/m1/s1. The van der Waals surface area contributed by atoms with Gasteiger partial charge in [-0.05, 0) is 42.3 Å². The zero-order valence-corrected chi connectivity index (χ0v) is 21.7. The molecule has 7 nitrogen and oxygen atoms in total. The van der Waals surface area contributed by atoms with Gasteiger partial charge in [0.15, 0.2) is 5.60 Å². The summed E-state index contributed by atoms with van der Waals surface area (Å²) in [5.41, 5.74) is 1.74. The van der Waals surface area contributed by atoms with E-state index in [-0.39, 0.29) is 12.5 Å². The summed E-state index contributed by atoms with van der Waals surface area (Å²) in [6.45, 7) is 2.33. The lowest BCUT2D eigenvalue weighted by atomic mass is 9.83. The highest BCUT2D eigenvalue weighted by Gasteiger charge is 2.53. The zero-order chi connectivity index (χ0) is 26.7. The number of hydrogen-bond acceptors (Lipinski definition) is 5. The fourth-order valence-corrected chi connectivity index (χ4v) is 5.13. The first-order valence-electron chi connectivity index (χ1n) is 12.6. The van der Waals surface area contributed by atoms with Crippen LogP contribution in [0.5, 0.6) is 0 Å². The Labute approximate surface area is 226 Å². The zero-order valence-electron chi connectivity index (χ0n) is 21.0. The topological polar surface area (TPSA) is 91.5 Å². The minimum absolute atomic E-state index is 0.0573. The lowest BCUT2D eigenvalue weighted by molar-refractivity contribution is -0.138. The number of rotatable bonds is 9. The Morgan fingerprint density at radius 1 is 1.05 bits per heavy atom. The van der Waals surface area contributed by atoms with Gasteiger partial charge >= 0.3 is 0 Å². The second-order valence-corrected chi connectivity index (χ2v) is 9.90. The third-order valence-corrected chi connectivity index (χ3v) is 7.30. The molecule has 3 aromatic carbocycles. The van der Waals surface area contributed by atoms with E-state index in [1.807, 2.05) is 85.9 Å². The molecule has 8 heteroatoms. The molecule has 38 heavy (non-hydrogen) atoms. The molecule has 2 N–H and O–H groups in total. The molecule has 194 valence electrons. The molecule has 0 aliphatic carbocycles. The van der Waals surface area contributed by atoms with Crippen molar-refractivity contribution in [3.63, 3.8) is 0 Å². The molecular weight excluding hydrogens is 500 g/mol. The van der Waals surface area contributed by atoms with Crippen LogP contribution in [0.15, 0.2) is 97.2 Å². The second kappa shape index (κ2) is 10.9. The number of carbonyl (C=O) groups is 1. The van der Waals surface area contributed by atoms with E-state index in [2.05, 4.69) is 10.3 Å². The largest absolute Gasteiger partial charge is 0.395 e. The molecule has 4 aromatic rings. The van der Waals surface area contributed by atoms with E-state index in [4.69, 9.17) is 11.6 Å². The van der Waals surface area contributed by atoms with Crippen molar-refractivity contribution in [2.45, 2.75) is 31.4 Å². The van der Waals surface area contributed by atoms with E-state index in [1.54, 1.807) is 27.8 Å². The van der Waals surface area contributed by atoms with Gasteiger partial charge in [0.05, 0.1) is 23.9 Å². The molecule has 3 atom stereocenters. The highest BCUT2D eigenvalue weighted by atomic mass is 35.5. The van der Waals surface area contributed by atoms with Gasteiger partial charge in [0.25, 0.3) is 5.91 Å². The number of halogens is 1. The number of aryl methyl sites for hydroxylation is 1. The van der Waals surface area contributed by atoms with E-state index in [9.17, 15) is 15.0 Å². The number of benzene rings is 3. The number of anilines is 2. The van der Waals surface area contributed by atoms with Crippen molar-refractivity contribution in [1.82, 2.24) is 15.0 Å². The highest BCUT2D eigenvalue weighted by Crippen LogP contribution is 2.48. The average molecular weight is 529 g/mol. The van der Waals surface area contributed by atoms with Crippen LogP contribution in [0, 0.1) is 5.92 Å². The van der Waals surface area contributed by atoms with E-state index < -0.39 is 17.4 Å². The molecule has 0 spiro atoms. The summed E-state index contributed by atoms with van der Waals surface area (Å²) in [5, 5.41) is 30.6. The van der Waals surface area contributed by atoms with Crippen molar-refractivity contribution in [1.29, 1.82) is 0 Å². The van der Waals surface area contributed by atoms with Gasteiger partial charge in [-0.3, -0.25) is 14.4 Å².